The summed E-state index contributed by atoms with van der Waals surface area (Å²) in [5.41, 5.74) is 5.71. The Morgan fingerprint density at radius 2 is 1.36 bits per heavy atom. The van der Waals surface area contributed by atoms with Gasteiger partial charge in [-0.15, -0.1) is 0 Å². The highest BCUT2D eigenvalue weighted by atomic mass is 16.6. The van der Waals surface area contributed by atoms with Gasteiger partial charge in [-0.25, -0.2) is 0 Å². The minimum atomic E-state index is -0.327. The van der Waals surface area contributed by atoms with E-state index in [1.165, 1.54) is 11.1 Å². The van der Waals surface area contributed by atoms with Crippen molar-refractivity contribution in [2.45, 2.75) is 20.0 Å². The number of anilines is 2. The monoisotopic (exact) mass is 373 g/mol. The Morgan fingerprint density at radius 1 is 0.821 bits per heavy atom. The van der Waals surface area contributed by atoms with E-state index in [1.54, 1.807) is 18.2 Å². The third-order valence-electron chi connectivity index (χ3n) is 5.22. The molecule has 1 saturated heterocycles. The molecule has 0 spiro atoms. The van der Waals surface area contributed by atoms with Crippen LogP contribution in [0.4, 0.5) is 17.1 Å². The van der Waals surface area contributed by atoms with Crippen LogP contribution >= 0.6 is 0 Å². The lowest BCUT2D eigenvalue weighted by Crippen LogP contribution is -2.31. The molecule has 28 heavy (non-hydrogen) atoms. The van der Waals surface area contributed by atoms with E-state index >= 15 is 0 Å². The van der Waals surface area contributed by atoms with E-state index in [4.69, 9.17) is 0 Å². The molecule has 0 atom stereocenters. The average molecular weight is 373 g/mol. The van der Waals surface area contributed by atoms with E-state index in [2.05, 4.69) is 72.2 Å². The third-order valence-corrected chi connectivity index (χ3v) is 5.22. The summed E-state index contributed by atoms with van der Waals surface area (Å²) in [6, 6.07) is 23.8. The van der Waals surface area contributed by atoms with Crippen molar-refractivity contribution in [3.05, 3.63) is 99.6 Å². The minimum Gasteiger partial charge on any atom is -0.346 e. The van der Waals surface area contributed by atoms with Crippen molar-refractivity contribution in [2.24, 2.45) is 0 Å². The van der Waals surface area contributed by atoms with Gasteiger partial charge < -0.3 is 9.80 Å². The fourth-order valence-corrected chi connectivity index (χ4v) is 3.94. The molecule has 0 radical (unpaired) electrons. The van der Waals surface area contributed by atoms with E-state index in [0.717, 1.165) is 30.0 Å². The van der Waals surface area contributed by atoms with Crippen LogP contribution in [-0.2, 0) is 0 Å². The van der Waals surface area contributed by atoms with E-state index < -0.39 is 0 Å². The van der Waals surface area contributed by atoms with Crippen LogP contribution in [0.25, 0.3) is 0 Å². The first kappa shape index (κ1) is 18.0. The molecule has 0 unspecified atom stereocenters. The van der Waals surface area contributed by atoms with Crippen molar-refractivity contribution >= 4 is 17.1 Å². The molecule has 4 rings (SSSR count). The van der Waals surface area contributed by atoms with Crippen LogP contribution in [0.5, 0.6) is 0 Å². The number of nitro benzene ring substituents is 1. The van der Waals surface area contributed by atoms with Gasteiger partial charge in [0, 0.05) is 42.2 Å². The Morgan fingerprint density at radius 3 is 1.86 bits per heavy atom. The zero-order chi connectivity index (χ0) is 19.7. The maximum atomic E-state index is 11.3. The van der Waals surface area contributed by atoms with Gasteiger partial charge in [-0.1, -0.05) is 36.4 Å². The SMILES string of the molecule is Cc1cccc(N2CCN(c3cccc(C)c3)C2c2cccc([N+](=O)[O-])c2)c1. The number of non-ortho nitro benzene ring substituents is 1. The number of benzene rings is 3. The number of hydrogen-bond acceptors (Lipinski definition) is 4. The highest BCUT2D eigenvalue weighted by Gasteiger charge is 2.34. The summed E-state index contributed by atoms with van der Waals surface area (Å²) in [6.45, 7) is 5.87. The van der Waals surface area contributed by atoms with Crippen LogP contribution in [0.15, 0.2) is 72.8 Å². The maximum absolute atomic E-state index is 11.3. The molecule has 5 nitrogen and oxygen atoms in total. The fraction of sp³-hybridized carbons (Fsp3) is 0.217. The summed E-state index contributed by atoms with van der Waals surface area (Å²) >= 11 is 0. The third kappa shape index (κ3) is 3.43. The molecular weight excluding hydrogens is 350 g/mol. The Labute approximate surface area is 165 Å². The van der Waals surface area contributed by atoms with E-state index in [-0.39, 0.29) is 16.8 Å². The molecular formula is C23H23N3O2. The molecule has 1 heterocycles. The van der Waals surface area contributed by atoms with Gasteiger partial charge in [0.05, 0.1) is 4.92 Å². The largest absolute Gasteiger partial charge is 0.346 e. The second-order valence-electron chi connectivity index (χ2n) is 7.29. The molecule has 0 bridgehead atoms. The predicted octanol–water partition coefficient (Wildman–Crippen LogP) is 5.24. The van der Waals surface area contributed by atoms with E-state index in [1.807, 2.05) is 6.07 Å². The van der Waals surface area contributed by atoms with Crippen LogP contribution in [0.3, 0.4) is 0 Å². The minimum absolute atomic E-state index is 0.0940. The highest BCUT2D eigenvalue weighted by molar-refractivity contribution is 5.60. The molecule has 1 fully saturated rings. The molecule has 0 N–H and O–H groups in total. The van der Waals surface area contributed by atoms with Gasteiger partial charge in [0.2, 0.25) is 0 Å². The number of rotatable bonds is 4. The van der Waals surface area contributed by atoms with Crippen LogP contribution in [0.1, 0.15) is 22.9 Å². The van der Waals surface area contributed by atoms with Crippen molar-refractivity contribution in [1.29, 1.82) is 0 Å². The molecule has 0 saturated carbocycles. The first-order valence-electron chi connectivity index (χ1n) is 9.44. The van der Waals surface area contributed by atoms with Gasteiger partial charge in [-0.2, -0.15) is 0 Å². The zero-order valence-corrected chi connectivity index (χ0v) is 16.1. The van der Waals surface area contributed by atoms with Gasteiger partial charge in [0.25, 0.3) is 5.69 Å². The summed E-state index contributed by atoms with van der Waals surface area (Å²) < 4.78 is 0. The van der Waals surface area contributed by atoms with Gasteiger partial charge in [-0.3, -0.25) is 10.1 Å². The molecule has 1 aliphatic heterocycles. The average Bonchev–Trinajstić information content (AvgIpc) is 3.13. The van der Waals surface area contributed by atoms with Crippen molar-refractivity contribution < 1.29 is 4.92 Å². The summed E-state index contributed by atoms with van der Waals surface area (Å²) in [4.78, 5) is 15.7. The molecule has 3 aromatic rings. The summed E-state index contributed by atoms with van der Waals surface area (Å²) in [7, 11) is 0. The number of nitro groups is 1. The predicted molar refractivity (Wildman–Crippen MR) is 113 cm³/mol. The van der Waals surface area contributed by atoms with Crippen molar-refractivity contribution in [2.75, 3.05) is 22.9 Å². The molecule has 0 amide bonds. The van der Waals surface area contributed by atoms with Crippen LogP contribution in [0, 0.1) is 24.0 Å². The lowest BCUT2D eigenvalue weighted by atomic mass is 10.1. The van der Waals surface area contributed by atoms with Crippen LogP contribution < -0.4 is 9.80 Å². The number of aryl methyl sites for hydroxylation is 2. The summed E-state index contributed by atoms with van der Waals surface area (Å²) in [5, 5.41) is 11.3. The first-order valence-corrected chi connectivity index (χ1v) is 9.44. The highest BCUT2D eigenvalue weighted by Crippen LogP contribution is 2.39. The Kier molecular flexibility index (Phi) is 4.74. The lowest BCUT2D eigenvalue weighted by Gasteiger charge is -2.33. The van der Waals surface area contributed by atoms with Crippen LogP contribution in [0.2, 0.25) is 0 Å². The van der Waals surface area contributed by atoms with E-state index in [9.17, 15) is 10.1 Å². The standard InChI is InChI=1S/C23H23N3O2/c1-17-6-3-9-20(14-17)24-12-13-25(21-10-4-7-18(2)15-21)23(24)19-8-5-11-22(16-19)26(27)28/h3-11,14-16,23H,12-13H2,1-2H3. The van der Waals surface area contributed by atoms with Crippen LogP contribution in [-0.4, -0.2) is 18.0 Å². The Bertz CT molecular complexity index is 964. The molecule has 0 aliphatic carbocycles. The van der Waals surface area contributed by atoms with Crippen molar-refractivity contribution in [3.8, 4) is 0 Å². The first-order chi connectivity index (χ1) is 13.5. The summed E-state index contributed by atoms with van der Waals surface area (Å²) in [6.07, 6.45) is -0.0940. The second-order valence-corrected chi connectivity index (χ2v) is 7.29. The van der Waals surface area contributed by atoms with Gasteiger partial charge >= 0.3 is 0 Å². The Hall–Kier alpha value is -3.34. The zero-order valence-electron chi connectivity index (χ0n) is 16.1. The molecule has 3 aromatic carbocycles. The molecule has 0 aromatic heterocycles. The van der Waals surface area contributed by atoms with Gasteiger partial charge in [-0.05, 0) is 49.2 Å². The molecule has 5 heteroatoms. The smallest absolute Gasteiger partial charge is 0.269 e. The Balaban J connectivity index is 1.81. The normalized spacial score (nSPS) is 14.5. The quantitative estimate of drug-likeness (QED) is 0.464. The van der Waals surface area contributed by atoms with E-state index in [0.29, 0.717) is 0 Å². The lowest BCUT2D eigenvalue weighted by molar-refractivity contribution is -0.384. The van der Waals surface area contributed by atoms with Gasteiger partial charge in [0.1, 0.15) is 6.17 Å². The van der Waals surface area contributed by atoms with Crippen molar-refractivity contribution in [1.82, 2.24) is 0 Å². The van der Waals surface area contributed by atoms with Gasteiger partial charge in [0.15, 0.2) is 0 Å². The van der Waals surface area contributed by atoms with Crippen molar-refractivity contribution in [3.63, 3.8) is 0 Å². The number of hydrogen-bond donors (Lipinski definition) is 0. The number of nitrogens with zero attached hydrogens (tertiary/aromatic N) is 3. The second kappa shape index (κ2) is 7.35. The molecule has 142 valence electrons. The topological polar surface area (TPSA) is 49.6 Å². The summed E-state index contributed by atoms with van der Waals surface area (Å²) in [5.74, 6) is 0. The maximum Gasteiger partial charge on any atom is 0.269 e. The molecule has 1 aliphatic rings. The fourth-order valence-electron chi connectivity index (χ4n) is 3.94.